The summed E-state index contributed by atoms with van der Waals surface area (Å²) in [5.41, 5.74) is 4.75. The SMILES string of the molecule is COc1ccc(-c2nc3ccc(C(=O)OCC(=O)N4CCCc5ccccc54)cc3[nH]2)cc1. The molecule has 0 saturated carbocycles. The molecule has 0 unspecified atom stereocenters. The number of benzene rings is 3. The molecule has 1 aliphatic heterocycles. The lowest BCUT2D eigenvalue weighted by Gasteiger charge is -2.29. The van der Waals surface area contributed by atoms with E-state index in [4.69, 9.17) is 9.47 Å². The Morgan fingerprint density at radius 1 is 1.06 bits per heavy atom. The molecule has 7 heteroatoms. The molecule has 1 N–H and O–H groups in total. The van der Waals surface area contributed by atoms with Gasteiger partial charge in [-0.15, -0.1) is 0 Å². The highest BCUT2D eigenvalue weighted by atomic mass is 16.5. The van der Waals surface area contributed by atoms with Gasteiger partial charge < -0.3 is 19.4 Å². The molecule has 1 aromatic heterocycles. The van der Waals surface area contributed by atoms with Gasteiger partial charge in [0.2, 0.25) is 0 Å². The molecule has 0 fully saturated rings. The van der Waals surface area contributed by atoms with E-state index in [1.807, 2.05) is 48.5 Å². The summed E-state index contributed by atoms with van der Waals surface area (Å²) in [6.45, 7) is 0.326. The van der Waals surface area contributed by atoms with Crippen LogP contribution in [0.1, 0.15) is 22.3 Å². The third-order valence-electron chi connectivity index (χ3n) is 5.82. The number of para-hydroxylation sites is 1. The zero-order chi connectivity index (χ0) is 22.8. The minimum absolute atomic E-state index is 0.222. The number of hydrogen-bond acceptors (Lipinski definition) is 5. The minimum atomic E-state index is -0.545. The number of carbonyl (C=O) groups is 2. The number of hydrogen-bond donors (Lipinski definition) is 1. The fraction of sp³-hybridized carbons (Fsp3) is 0.192. The number of aromatic amines is 1. The van der Waals surface area contributed by atoms with Crippen LogP contribution in [0.3, 0.4) is 0 Å². The number of imidazole rings is 1. The Bertz CT molecular complexity index is 1330. The van der Waals surface area contributed by atoms with Gasteiger partial charge in [0.15, 0.2) is 6.61 Å². The van der Waals surface area contributed by atoms with E-state index >= 15 is 0 Å². The van der Waals surface area contributed by atoms with E-state index in [2.05, 4.69) is 9.97 Å². The van der Waals surface area contributed by atoms with Crippen molar-refractivity contribution in [3.05, 3.63) is 77.9 Å². The van der Waals surface area contributed by atoms with Gasteiger partial charge in [-0.2, -0.15) is 0 Å². The largest absolute Gasteiger partial charge is 0.497 e. The molecule has 7 nitrogen and oxygen atoms in total. The lowest BCUT2D eigenvalue weighted by atomic mass is 10.0. The molecule has 2 heterocycles. The summed E-state index contributed by atoms with van der Waals surface area (Å²) in [4.78, 5) is 34.9. The number of fused-ring (bicyclic) bond motifs is 2. The fourth-order valence-electron chi connectivity index (χ4n) is 4.10. The molecule has 5 rings (SSSR count). The zero-order valence-corrected chi connectivity index (χ0v) is 18.2. The topological polar surface area (TPSA) is 84.5 Å². The van der Waals surface area contributed by atoms with Gasteiger partial charge in [-0.25, -0.2) is 9.78 Å². The van der Waals surface area contributed by atoms with Gasteiger partial charge in [0.1, 0.15) is 11.6 Å². The van der Waals surface area contributed by atoms with Crippen LogP contribution in [0.25, 0.3) is 22.4 Å². The van der Waals surface area contributed by atoms with E-state index in [0.717, 1.165) is 40.9 Å². The highest BCUT2D eigenvalue weighted by molar-refractivity contribution is 5.99. The molecular weight excluding hydrogens is 418 g/mol. The number of nitrogens with zero attached hydrogens (tertiary/aromatic N) is 2. The lowest BCUT2D eigenvalue weighted by molar-refractivity contribution is -0.121. The minimum Gasteiger partial charge on any atom is -0.497 e. The summed E-state index contributed by atoms with van der Waals surface area (Å²) in [6.07, 6.45) is 1.84. The first-order valence-corrected chi connectivity index (χ1v) is 10.8. The maximum atomic E-state index is 12.7. The molecule has 0 spiro atoms. The number of anilines is 1. The molecule has 33 heavy (non-hydrogen) atoms. The monoisotopic (exact) mass is 441 g/mol. The Morgan fingerprint density at radius 2 is 1.88 bits per heavy atom. The van der Waals surface area contributed by atoms with Crippen molar-refractivity contribution in [2.24, 2.45) is 0 Å². The van der Waals surface area contributed by atoms with Gasteiger partial charge in [-0.05, 0) is 66.9 Å². The molecule has 3 aromatic carbocycles. The molecule has 0 atom stereocenters. The van der Waals surface area contributed by atoms with E-state index in [0.29, 0.717) is 23.4 Å². The normalized spacial score (nSPS) is 12.9. The Kier molecular flexibility index (Phi) is 5.52. The average molecular weight is 441 g/mol. The van der Waals surface area contributed by atoms with Gasteiger partial charge in [0.25, 0.3) is 5.91 Å². The molecule has 4 aromatic rings. The Morgan fingerprint density at radius 3 is 2.70 bits per heavy atom. The van der Waals surface area contributed by atoms with Gasteiger partial charge >= 0.3 is 5.97 Å². The summed E-state index contributed by atoms with van der Waals surface area (Å²) in [6, 6.07) is 20.5. The number of amides is 1. The number of methoxy groups -OCH3 is 1. The maximum Gasteiger partial charge on any atom is 0.338 e. The standard InChI is InChI=1S/C26H23N3O4/c1-32-20-11-8-18(9-12-20)25-27-21-13-10-19(15-22(21)28-25)26(31)33-16-24(30)29-14-4-6-17-5-2-3-7-23(17)29/h2-3,5,7-13,15H,4,6,14,16H2,1H3,(H,27,28). The van der Waals surface area contributed by atoms with Crippen LogP contribution in [0.15, 0.2) is 66.7 Å². The highest BCUT2D eigenvalue weighted by Gasteiger charge is 2.23. The van der Waals surface area contributed by atoms with Crippen molar-refractivity contribution in [1.29, 1.82) is 0 Å². The molecular formula is C26H23N3O4. The van der Waals surface area contributed by atoms with Gasteiger partial charge in [0, 0.05) is 17.8 Å². The third kappa shape index (κ3) is 4.17. The van der Waals surface area contributed by atoms with Crippen LogP contribution in [-0.4, -0.2) is 42.1 Å². The van der Waals surface area contributed by atoms with E-state index in [1.54, 1.807) is 30.2 Å². The van der Waals surface area contributed by atoms with Crippen molar-refractivity contribution >= 4 is 28.6 Å². The molecule has 1 amide bonds. The first kappa shape index (κ1) is 20.8. The third-order valence-corrected chi connectivity index (χ3v) is 5.82. The molecule has 0 bridgehead atoms. The number of aryl methyl sites for hydroxylation is 1. The summed E-state index contributed by atoms with van der Waals surface area (Å²) >= 11 is 0. The summed E-state index contributed by atoms with van der Waals surface area (Å²) in [5.74, 6) is 0.690. The lowest BCUT2D eigenvalue weighted by Crippen LogP contribution is -2.38. The second-order valence-corrected chi connectivity index (χ2v) is 7.90. The first-order valence-electron chi connectivity index (χ1n) is 10.8. The van der Waals surface area contributed by atoms with Crippen LogP contribution >= 0.6 is 0 Å². The van der Waals surface area contributed by atoms with Crippen LogP contribution in [0.5, 0.6) is 5.75 Å². The second kappa shape index (κ2) is 8.78. The van der Waals surface area contributed by atoms with Gasteiger partial charge in [0.05, 0.1) is 23.7 Å². The fourth-order valence-corrected chi connectivity index (χ4v) is 4.10. The smallest absolute Gasteiger partial charge is 0.338 e. The van der Waals surface area contributed by atoms with Crippen LogP contribution in [-0.2, 0) is 16.0 Å². The van der Waals surface area contributed by atoms with E-state index in [1.165, 1.54) is 0 Å². The predicted molar refractivity (Wildman–Crippen MR) is 125 cm³/mol. The summed E-state index contributed by atoms with van der Waals surface area (Å²) < 4.78 is 10.5. The number of nitrogens with one attached hydrogen (secondary N) is 1. The van der Waals surface area contributed by atoms with Crippen molar-refractivity contribution in [3.63, 3.8) is 0 Å². The van der Waals surface area contributed by atoms with E-state index in [-0.39, 0.29) is 12.5 Å². The zero-order valence-electron chi connectivity index (χ0n) is 18.2. The van der Waals surface area contributed by atoms with Crippen LogP contribution in [0.4, 0.5) is 5.69 Å². The maximum absolute atomic E-state index is 12.7. The number of esters is 1. The van der Waals surface area contributed by atoms with Crippen molar-refractivity contribution in [2.75, 3.05) is 25.2 Å². The van der Waals surface area contributed by atoms with E-state index < -0.39 is 5.97 Å². The van der Waals surface area contributed by atoms with Crippen molar-refractivity contribution in [1.82, 2.24) is 9.97 Å². The molecule has 0 aliphatic carbocycles. The number of ether oxygens (including phenoxy) is 2. The summed E-state index contributed by atoms with van der Waals surface area (Å²) in [5, 5.41) is 0. The first-order chi connectivity index (χ1) is 16.1. The van der Waals surface area contributed by atoms with E-state index in [9.17, 15) is 9.59 Å². The van der Waals surface area contributed by atoms with Crippen LogP contribution in [0.2, 0.25) is 0 Å². The Hall–Kier alpha value is -4.13. The van der Waals surface area contributed by atoms with Crippen LogP contribution in [0, 0.1) is 0 Å². The highest BCUT2D eigenvalue weighted by Crippen LogP contribution is 2.27. The Labute approximate surface area is 191 Å². The van der Waals surface area contributed by atoms with Gasteiger partial charge in [-0.1, -0.05) is 18.2 Å². The van der Waals surface area contributed by atoms with Crippen molar-refractivity contribution < 1.29 is 19.1 Å². The van der Waals surface area contributed by atoms with Crippen molar-refractivity contribution in [2.45, 2.75) is 12.8 Å². The number of H-pyrrole nitrogens is 1. The molecule has 166 valence electrons. The van der Waals surface area contributed by atoms with Crippen LogP contribution < -0.4 is 9.64 Å². The average Bonchev–Trinajstić information content (AvgIpc) is 3.30. The number of rotatable bonds is 5. The second-order valence-electron chi connectivity index (χ2n) is 7.90. The van der Waals surface area contributed by atoms with Crippen molar-refractivity contribution in [3.8, 4) is 17.1 Å². The van der Waals surface area contributed by atoms with Gasteiger partial charge in [-0.3, -0.25) is 4.79 Å². The Balaban J connectivity index is 1.28. The number of carbonyl (C=O) groups excluding carboxylic acids is 2. The molecule has 0 saturated heterocycles. The molecule has 0 radical (unpaired) electrons. The predicted octanol–water partition coefficient (Wildman–Crippen LogP) is 4.37. The quantitative estimate of drug-likeness (QED) is 0.465. The summed E-state index contributed by atoms with van der Waals surface area (Å²) in [7, 11) is 1.62. The number of aromatic nitrogens is 2. The molecule has 1 aliphatic rings.